The predicted molar refractivity (Wildman–Crippen MR) is 404 cm³/mol. The Labute approximate surface area is 605 Å². The molecule has 0 aliphatic heterocycles. The number of hydrogen-bond acceptors (Lipinski definition) is 15. The maximum Gasteiger partial charge on any atom is 0.472 e. The number of allylic oxidation sites excluding steroid dienone is 4. The molecule has 17 nitrogen and oxygen atoms in total. The SMILES string of the molecule is CCCCCC/C=C\C=C/CCCCCCCC(=O)OC[C@H](COP(=O)(O)OC[C@@H](O)COP(=O)(O)OC[C@@H](COC(=O)CCCCCCCCCCCCCCC)OC(=O)CCCCCCCCCCCCC(C)CC)OC(=O)CCCCCCCCCCCCCCCCC(C)C. The fourth-order valence-corrected chi connectivity index (χ4v) is 13.4. The van der Waals surface area contributed by atoms with Crippen LogP contribution in [0, 0.1) is 11.8 Å². The van der Waals surface area contributed by atoms with E-state index in [2.05, 4.69) is 65.8 Å². The molecule has 99 heavy (non-hydrogen) atoms. The van der Waals surface area contributed by atoms with Crippen molar-refractivity contribution in [2.75, 3.05) is 39.6 Å². The van der Waals surface area contributed by atoms with Crippen molar-refractivity contribution in [3.63, 3.8) is 0 Å². The van der Waals surface area contributed by atoms with Gasteiger partial charge in [0.15, 0.2) is 12.2 Å². The first-order valence-corrected chi connectivity index (χ1v) is 43.8. The molecule has 0 aromatic heterocycles. The summed E-state index contributed by atoms with van der Waals surface area (Å²) in [5.41, 5.74) is 0. The largest absolute Gasteiger partial charge is 0.472 e. The van der Waals surface area contributed by atoms with Gasteiger partial charge in [0.25, 0.3) is 0 Å². The van der Waals surface area contributed by atoms with Crippen LogP contribution in [0.25, 0.3) is 0 Å². The Hall–Kier alpha value is -2.46. The third kappa shape index (κ3) is 72.3. The molecule has 0 rings (SSSR count). The van der Waals surface area contributed by atoms with Crippen LogP contribution in [0.15, 0.2) is 24.3 Å². The van der Waals surface area contributed by atoms with Gasteiger partial charge in [0.1, 0.15) is 19.3 Å². The lowest BCUT2D eigenvalue weighted by molar-refractivity contribution is -0.161. The molecule has 0 aliphatic carbocycles. The van der Waals surface area contributed by atoms with Gasteiger partial charge in [0.05, 0.1) is 26.4 Å². The quantitative estimate of drug-likeness (QED) is 0.0169. The fourth-order valence-electron chi connectivity index (χ4n) is 11.8. The molecule has 0 bridgehead atoms. The molecular formula is C80H152O17P2. The van der Waals surface area contributed by atoms with E-state index in [0.29, 0.717) is 25.7 Å². The van der Waals surface area contributed by atoms with E-state index in [1.165, 1.54) is 193 Å². The van der Waals surface area contributed by atoms with Crippen LogP contribution in [0.3, 0.4) is 0 Å². The van der Waals surface area contributed by atoms with E-state index in [9.17, 15) is 43.2 Å². The molecule has 3 unspecified atom stereocenters. The van der Waals surface area contributed by atoms with Crippen LogP contribution >= 0.6 is 15.6 Å². The zero-order valence-electron chi connectivity index (χ0n) is 64.3. The van der Waals surface area contributed by atoms with E-state index in [1.54, 1.807) is 0 Å². The lowest BCUT2D eigenvalue weighted by Gasteiger charge is -2.21. The Bertz CT molecular complexity index is 2000. The molecule has 0 aromatic carbocycles. The number of hydrogen-bond donors (Lipinski definition) is 3. The Morgan fingerprint density at radius 2 is 0.596 bits per heavy atom. The van der Waals surface area contributed by atoms with Gasteiger partial charge in [0.2, 0.25) is 0 Å². The number of carbonyl (C=O) groups excluding carboxylic acids is 4. The van der Waals surface area contributed by atoms with E-state index in [1.807, 2.05) is 0 Å². The lowest BCUT2D eigenvalue weighted by atomic mass is 9.99. The average molecular weight is 1450 g/mol. The summed E-state index contributed by atoms with van der Waals surface area (Å²) in [6.07, 6.45) is 63.0. The number of aliphatic hydroxyl groups is 1. The van der Waals surface area contributed by atoms with Crippen LogP contribution in [0.1, 0.15) is 395 Å². The molecule has 0 saturated carbocycles. The third-order valence-corrected chi connectivity index (χ3v) is 20.3. The maximum absolute atomic E-state index is 13.1. The van der Waals surface area contributed by atoms with Gasteiger partial charge in [-0.3, -0.25) is 37.3 Å². The molecule has 0 spiro atoms. The summed E-state index contributed by atoms with van der Waals surface area (Å²) in [7, 11) is -9.93. The van der Waals surface area contributed by atoms with Gasteiger partial charge in [-0.2, -0.15) is 0 Å². The summed E-state index contributed by atoms with van der Waals surface area (Å²) < 4.78 is 68.7. The average Bonchev–Trinajstić information content (AvgIpc) is 3.33. The topological polar surface area (TPSA) is 237 Å². The van der Waals surface area contributed by atoms with Gasteiger partial charge < -0.3 is 33.8 Å². The summed E-state index contributed by atoms with van der Waals surface area (Å²) in [5.74, 6) is -0.544. The van der Waals surface area contributed by atoms with E-state index >= 15 is 0 Å². The van der Waals surface area contributed by atoms with Crippen molar-refractivity contribution >= 4 is 39.5 Å². The van der Waals surface area contributed by atoms with Crippen LogP contribution in [0.5, 0.6) is 0 Å². The summed E-state index contributed by atoms with van der Waals surface area (Å²) in [6, 6.07) is 0. The normalized spacial score (nSPS) is 14.4. The number of phosphoric ester groups is 2. The van der Waals surface area contributed by atoms with Gasteiger partial charge in [-0.25, -0.2) is 9.13 Å². The molecule has 3 N–H and O–H groups in total. The Morgan fingerprint density at radius 1 is 0.333 bits per heavy atom. The smallest absolute Gasteiger partial charge is 0.462 e. The second-order valence-corrected chi connectivity index (χ2v) is 31.7. The van der Waals surface area contributed by atoms with Crippen molar-refractivity contribution < 1.29 is 80.2 Å². The van der Waals surface area contributed by atoms with E-state index < -0.39 is 97.5 Å². The van der Waals surface area contributed by atoms with Crippen molar-refractivity contribution in [1.82, 2.24) is 0 Å². The second-order valence-electron chi connectivity index (χ2n) is 28.8. The Kier molecular flexibility index (Phi) is 69.4. The molecule has 19 heteroatoms. The number of esters is 4. The molecule has 0 fully saturated rings. The van der Waals surface area contributed by atoms with Crippen molar-refractivity contribution in [1.29, 1.82) is 0 Å². The first-order valence-electron chi connectivity index (χ1n) is 40.8. The fraction of sp³-hybridized carbons (Fsp3) is 0.900. The number of ether oxygens (including phenoxy) is 4. The first-order chi connectivity index (χ1) is 47.9. The highest BCUT2D eigenvalue weighted by atomic mass is 31.2. The van der Waals surface area contributed by atoms with Gasteiger partial charge >= 0.3 is 39.5 Å². The minimum atomic E-state index is -4.97. The maximum atomic E-state index is 13.1. The molecule has 0 aromatic rings. The van der Waals surface area contributed by atoms with Gasteiger partial charge in [-0.15, -0.1) is 0 Å². The molecule has 0 amide bonds. The van der Waals surface area contributed by atoms with Crippen molar-refractivity contribution in [3.05, 3.63) is 24.3 Å². The monoisotopic (exact) mass is 1450 g/mol. The highest BCUT2D eigenvalue weighted by molar-refractivity contribution is 7.47. The van der Waals surface area contributed by atoms with Crippen LogP contribution in [-0.4, -0.2) is 96.7 Å². The first kappa shape index (κ1) is 96.5. The summed E-state index contributed by atoms with van der Waals surface area (Å²) >= 11 is 0. The van der Waals surface area contributed by atoms with E-state index in [4.69, 9.17) is 37.0 Å². The van der Waals surface area contributed by atoms with Gasteiger partial charge in [-0.1, -0.05) is 342 Å². The Morgan fingerprint density at radius 3 is 0.909 bits per heavy atom. The zero-order chi connectivity index (χ0) is 72.8. The van der Waals surface area contributed by atoms with Crippen LogP contribution in [0.2, 0.25) is 0 Å². The van der Waals surface area contributed by atoms with E-state index in [0.717, 1.165) is 121 Å². The third-order valence-electron chi connectivity index (χ3n) is 18.4. The predicted octanol–water partition coefficient (Wildman–Crippen LogP) is 23.4. The van der Waals surface area contributed by atoms with Crippen LogP contribution in [-0.2, 0) is 65.4 Å². The molecule has 584 valence electrons. The number of aliphatic hydroxyl groups excluding tert-OH is 1. The summed E-state index contributed by atoms with van der Waals surface area (Å²) in [4.78, 5) is 73.0. The zero-order valence-corrected chi connectivity index (χ0v) is 66.1. The summed E-state index contributed by atoms with van der Waals surface area (Å²) in [5, 5.41) is 10.6. The molecule has 0 saturated heterocycles. The van der Waals surface area contributed by atoms with E-state index in [-0.39, 0.29) is 25.7 Å². The van der Waals surface area contributed by atoms with Crippen molar-refractivity contribution in [2.24, 2.45) is 11.8 Å². The highest BCUT2D eigenvalue weighted by Gasteiger charge is 2.30. The lowest BCUT2D eigenvalue weighted by Crippen LogP contribution is -2.30. The Balaban J connectivity index is 5.31. The van der Waals surface area contributed by atoms with Gasteiger partial charge in [-0.05, 0) is 63.2 Å². The summed E-state index contributed by atoms with van der Waals surface area (Å²) in [6.45, 7) is 9.61. The number of carbonyl (C=O) groups is 4. The minimum absolute atomic E-state index is 0.101. The number of unbranched alkanes of at least 4 members (excludes halogenated alkanes) is 43. The number of rotatable bonds is 77. The standard InChI is InChI=1S/C80H152O17P2/c1-7-10-12-14-16-18-20-22-23-28-32-39-45-51-57-63-78(83)91-68-75(96-79(84)64-58-52-46-40-33-29-25-24-27-30-36-42-48-54-60-72(4)5)70-94-98(86,87)92-66-74(81)67-93-99(88,89)95-71-76(69-90-77(82)62-56-50-44-38-31-26-21-19-17-15-13-11-8-2)97-80(85)65-59-53-47-41-35-34-37-43-49-55-61-73(6)9-3/h18,20,22-23,72-76,81H,7-17,19,21,24-71H2,1-6H3,(H,86,87)(H,88,89)/b20-18-,23-22-/t73?,74-,75-,76-/m1/s1. The molecule has 0 aliphatic rings. The highest BCUT2D eigenvalue weighted by Crippen LogP contribution is 2.45. The molecular weight excluding hydrogens is 1290 g/mol. The second kappa shape index (κ2) is 71.2. The minimum Gasteiger partial charge on any atom is -0.462 e. The van der Waals surface area contributed by atoms with Gasteiger partial charge in [0, 0.05) is 25.7 Å². The van der Waals surface area contributed by atoms with Crippen LogP contribution < -0.4 is 0 Å². The van der Waals surface area contributed by atoms with Crippen molar-refractivity contribution in [3.8, 4) is 0 Å². The van der Waals surface area contributed by atoms with Crippen LogP contribution in [0.4, 0.5) is 0 Å². The molecule has 0 heterocycles. The molecule has 0 radical (unpaired) electrons. The number of phosphoric acid groups is 2. The molecule has 6 atom stereocenters. The van der Waals surface area contributed by atoms with Crippen molar-refractivity contribution in [2.45, 2.75) is 413 Å².